The van der Waals surface area contributed by atoms with Gasteiger partial charge in [0.05, 0.1) is 0 Å². The first kappa shape index (κ1) is 11.3. The molecule has 0 amide bonds. The number of aryl methyl sites for hydroxylation is 1. The van der Waals surface area contributed by atoms with Gasteiger partial charge in [0.15, 0.2) is 0 Å². The van der Waals surface area contributed by atoms with E-state index in [2.05, 4.69) is 37.2 Å². The normalized spacial score (nSPS) is 12.4. The summed E-state index contributed by atoms with van der Waals surface area (Å²) < 4.78 is 0. The predicted octanol–water partition coefficient (Wildman–Crippen LogP) is 2.98. The Labute approximate surface area is 90.5 Å². The summed E-state index contributed by atoms with van der Waals surface area (Å²) in [7, 11) is 0. The third kappa shape index (κ3) is 3.17. The van der Waals surface area contributed by atoms with Crippen LogP contribution in [0.15, 0.2) is 12.1 Å². The topological polar surface area (TPSA) is 12.0 Å². The quantitative estimate of drug-likeness (QED) is 0.578. The third-order valence-electron chi connectivity index (χ3n) is 2.18. The SMILES string of the molecule is C#CCCNC(C)c1ccc(CC)s1. The van der Waals surface area contributed by atoms with E-state index in [-0.39, 0.29) is 0 Å². The highest BCUT2D eigenvalue weighted by Crippen LogP contribution is 2.23. The summed E-state index contributed by atoms with van der Waals surface area (Å²) >= 11 is 1.88. The van der Waals surface area contributed by atoms with Crippen LogP contribution in [-0.4, -0.2) is 6.54 Å². The Kier molecular flexibility index (Phi) is 4.72. The number of terminal acetylenes is 1. The first-order valence-electron chi connectivity index (χ1n) is 5.03. The molecule has 0 radical (unpaired) electrons. The molecule has 1 rings (SSSR count). The third-order valence-corrected chi connectivity index (χ3v) is 3.59. The zero-order chi connectivity index (χ0) is 10.4. The molecule has 1 atom stereocenters. The van der Waals surface area contributed by atoms with Gasteiger partial charge in [-0.1, -0.05) is 6.92 Å². The number of hydrogen-bond donors (Lipinski definition) is 1. The van der Waals surface area contributed by atoms with E-state index >= 15 is 0 Å². The fourth-order valence-electron chi connectivity index (χ4n) is 1.28. The van der Waals surface area contributed by atoms with Gasteiger partial charge in [0.1, 0.15) is 0 Å². The van der Waals surface area contributed by atoms with E-state index in [1.54, 1.807) is 0 Å². The minimum atomic E-state index is 0.425. The molecule has 0 aliphatic rings. The number of thiophene rings is 1. The van der Waals surface area contributed by atoms with E-state index in [4.69, 9.17) is 6.42 Å². The van der Waals surface area contributed by atoms with Gasteiger partial charge in [-0.05, 0) is 25.5 Å². The van der Waals surface area contributed by atoms with Crippen LogP contribution in [-0.2, 0) is 6.42 Å². The van der Waals surface area contributed by atoms with Crippen LogP contribution in [0.2, 0.25) is 0 Å². The highest BCUT2D eigenvalue weighted by Gasteiger charge is 2.06. The van der Waals surface area contributed by atoms with E-state index in [0.717, 1.165) is 19.4 Å². The van der Waals surface area contributed by atoms with Crippen molar-refractivity contribution in [2.45, 2.75) is 32.7 Å². The lowest BCUT2D eigenvalue weighted by Crippen LogP contribution is -2.18. The standard InChI is InChI=1S/C12H17NS/c1-4-6-9-13-10(3)12-8-7-11(5-2)14-12/h1,7-8,10,13H,5-6,9H2,2-3H3. The molecule has 0 aromatic carbocycles. The van der Waals surface area contributed by atoms with Gasteiger partial charge in [-0.15, -0.1) is 23.7 Å². The molecule has 0 spiro atoms. The van der Waals surface area contributed by atoms with Crippen LogP contribution in [0.25, 0.3) is 0 Å². The highest BCUT2D eigenvalue weighted by atomic mass is 32.1. The van der Waals surface area contributed by atoms with Crippen molar-refractivity contribution < 1.29 is 0 Å². The summed E-state index contributed by atoms with van der Waals surface area (Å²) in [5.41, 5.74) is 0. The van der Waals surface area contributed by atoms with Crippen molar-refractivity contribution in [3.63, 3.8) is 0 Å². The zero-order valence-corrected chi connectivity index (χ0v) is 9.66. The van der Waals surface area contributed by atoms with E-state index < -0.39 is 0 Å². The Morgan fingerprint density at radius 3 is 2.93 bits per heavy atom. The van der Waals surface area contributed by atoms with E-state index in [1.165, 1.54) is 9.75 Å². The smallest absolute Gasteiger partial charge is 0.0386 e. The van der Waals surface area contributed by atoms with Crippen LogP contribution >= 0.6 is 11.3 Å². The Balaban J connectivity index is 2.44. The second-order valence-electron chi connectivity index (χ2n) is 3.29. The molecule has 0 fully saturated rings. The van der Waals surface area contributed by atoms with Crippen molar-refractivity contribution >= 4 is 11.3 Å². The van der Waals surface area contributed by atoms with Crippen LogP contribution in [0.5, 0.6) is 0 Å². The van der Waals surface area contributed by atoms with E-state index in [0.29, 0.717) is 6.04 Å². The lowest BCUT2D eigenvalue weighted by Gasteiger charge is -2.10. The molecule has 0 saturated heterocycles. The van der Waals surface area contributed by atoms with E-state index in [9.17, 15) is 0 Å². The van der Waals surface area contributed by atoms with E-state index in [1.807, 2.05) is 11.3 Å². The van der Waals surface area contributed by atoms with Gasteiger partial charge in [0, 0.05) is 28.8 Å². The first-order valence-corrected chi connectivity index (χ1v) is 5.85. The molecule has 0 aliphatic carbocycles. The Hall–Kier alpha value is -0.780. The van der Waals surface area contributed by atoms with Gasteiger partial charge in [-0.3, -0.25) is 0 Å². The fourth-order valence-corrected chi connectivity index (χ4v) is 2.26. The van der Waals surface area contributed by atoms with Gasteiger partial charge in [-0.25, -0.2) is 0 Å². The molecule has 76 valence electrons. The van der Waals surface area contributed by atoms with Gasteiger partial charge in [0.25, 0.3) is 0 Å². The molecule has 1 heterocycles. The first-order chi connectivity index (χ1) is 6.77. The average molecular weight is 207 g/mol. The molecule has 14 heavy (non-hydrogen) atoms. The monoisotopic (exact) mass is 207 g/mol. The molecular formula is C12H17NS. The maximum atomic E-state index is 5.19. The Bertz CT molecular complexity index is 308. The fraction of sp³-hybridized carbons (Fsp3) is 0.500. The van der Waals surface area contributed by atoms with Crippen LogP contribution < -0.4 is 5.32 Å². The van der Waals surface area contributed by atoms with Gasteiger partial charge >= 0.3 is 0 Å². The molecule has 1 N–H and O–H groups in total. The molecule has 0 saturated carbocycles. The molecular weight excluding hydrogens is 190 g/mol. The Morgan fingerprint density at radius 2 is 2.36 bits per heavy atom. The summed E-state index contributed by atoms with van der Waals surface area (Å²) in [6.07, 6.45) is 7.12. The molecule has 1 aromatic rings. The average Bonchev–Trinajstić information content (AvgIpc) is 2.66. The summed E-state index contributed by atoms with van der Waals surface area (Å²) in [4.78, 5) is 2.85. The molecule has 2 heteroatoms. The lowest BCUT2D eigenvalue weighted by molar-refractivity contribution is 0.592. The van der Waals surface area contributed by atoms with Gasteiger partial charge in [0.2, 0.25) is 0 Å². The minimum absolute atomic E-state index is 0.425. The number of hydrogen-bond acceptors (Lipinski definition) is 2. The van der Waals surface area contributed by atoms with Crippen molar-refractivity contribution in [1.82, 2.24) is 5.32 Å². The van der Waals surface area contributed by atoms with Crippen molar-refractivity contribution in [3.05, 3.63) is 21.9 Å². The molecule has 1 nitrogen and oxygen atoms in total. The van der Waals surface area contributed by atoms with Crippen molar-refractivity contribution in [1.29, 1.82) is 0 Å². The molecule has 0 bridgehead atoms. The largest absolute Gasteiger partial charge is 0.309 e. The highest BCUT2D eigenvalue weighted by molar-refractivity contribution is 7.12. The minimum Gasteiger partial charge on any atom is -0.309 e. The number of nitrogens with one attached hydrogen (secondary N) is 1. The van der Waals surface area contributed by atoms with Gasteiger partial charge in [-0.2, -0.15) is 0 Å². The molecule has 0 aliphatic heterocycles. The maximum Gasteiger partial charge on any atom is 0.0386 e. The molecule has 1 unspecified atom stereocenters. The van der Waals surface area contributed by atoms with Gasteiger partial charge < -0.3 is 5.32 Å². The van der Waals surface area contributed by atoms with Crippen molar-refractivity contribution in [2.75, 3.05) is 6.54 Å². The van der Waals surface area contributed by atoms with Crippen molar-refractivity contribution in [3.8, 4) is 12.3 Å². The summed E-state index contributed by atoms with van der Waals surface area (Å²) in [5.74, 6) is 2.63. The van der Waals surface area contributed by atoms with Crippen LogP contribution in [0.4, 0.5) is 0 Å². The van der Waals surface area contributed by atoms with Crippen molar-refractivity contribution in [2.24, 2.45) is 0 Å². The summed E-state index contributed by atoms with van der Waals surface area (Å²) in [6, 6.07) is 4.84. The maximum absolute atomic E-state index is 5.19. The predicted molar refractivity (Wildman–Crippen MR) is 63.6 cm³/mol. The summed E-state index contributed by atoms with van der Waals surface area (Å²) in [5, 5.41) is 3.41. The van der Waals surface area contributed by atoms with Crippen LogP contribution in [0.1, 0.15) is 36.1 Å². The van der Waals surface area contributed by atoms with Crippen LogP contribution in [0, 0.1) is 12.3 Å². The molecule has 1 aromatic heterocycles. The summed E-state index contributed by atoms with van der Waals surface area (Å²) in [6.45, 7) is 5.27. The second kappa shape index (κ2) is 5.85. The lowest BCUT2D eigenvalue weighted by atomic mass is 10.2. The number of rotatable bonds is 5. The van der Waals surface area contributed by atoms with Crippen LogP contribution in [0.3, 0.4) is 0 Å². The Morgan fingerprint density at radius 1 is 1.57 bits per heavy atom. The zero-order valence-electron chi connectivity index (χ0n) is 8.84. The second-order valence-corrected chi connectivity index (χ2v) is 4.49.